The lowest BCUT2D eigenvalue weighted by Crippen LogP contribution is -2.02. The van der Waals surface area contributed by atoms with Crippen LogP contribution >= 0.6 is 0 Å². The van der Waals surface area contributed by atoms with Crippen LogP contribution in [0.2, 0.25) is 0 Å². The predicted octanol–water partition coefficient (Wildman–Crippen LogP) is 3.63. The van der Waals surface area contributed by atoms with Crippen molar-refractivity contribution in [1.29, 1.82) is 0 Å². The number of furan rings is 1. The molecule has 0 unspecified atom stereocenters. The minimum absolute atomic E-state index is 0.253. The Morgan fingerprint density at radius 1 is 1.13 bits per heavy atom. The molecule has 23 heavy (non-hydrogen) atoms. The fourth-order valence-electron chi connectivity index (χ4n) is 2.45. The molecule has 116 valence electrons. The predicted molar refractivity (Wildman–Crippen MR) is 83.6 cm³/mol. The third kappa shape index (κ3) is 2.30. The summed E-state index contributed by atoms with van der Waals surface area (Å²) in [4.78, 5) is 4.39. The first-order valence-corrected chi connectivity index (χ1v) is 7.37. The first kappa shape index (κ1) is 13.7. The Balaban J connectivity index is 1.73. The molecule has 0 spiro atoms. The molecule has 4 rings (SSSR count). The van der Waals surface area contributed by atoms with E-state index in [4.69, 9.17) is 8.94 Å². The monoisotopic (exact) mass is 309 g/mol. The van der Waals surface area contributed by atoms with Crippen LogP contribution in [0.3, 0.4) is 0 Å². The normalized spacial score (nSPS) is 11.7. The largest absolute Gasteiger partial charge is 0.458 e. The number of aryl methyl sites for hydroxylation is 1. The van der Waals surface area contributed by atoms with Crippen LogP contribution in [0.5, 0.6) is 0 Å². The Hall–Kier alpha value is -2.96. The van der Waals surface area contributed by atoms with E-state index in [9.17, 15) is 0 Å². The molecule has 0 fully saturated rings. The van der Waals surface area contributed by atoms with Crippen LogP contribution in [0.1, 0.15) is 25.6 Å². The van der Waals surface area contributed by atoms with Crippen LogP contribution in [0.15, 0.2) is 39.3 Å². The van der Waals surface area contributed by atoms with Crippen LogP contribution in [-0.4, -0.2) is 25.1 Å². The average molecular weight is 309 g/mol. The molecule has 0 N–H and O–H groups in total. The van der Waals surface area contributed by atoms with Gasteiger partial charge in [0.25, 0.3) is 5.89 Å². The molecule has 0 aliphatic heterocycles. The summed E-state index contributed by atoms with van der Waals surface area (Å²) in [6, 6.07) is 9.72. The quantitative estimate of drug-likeness (QED) is 0.574. The standard InChI is InChI=1S/C16H15N5O2/c1-9(2)21-13-6-5-11(8-12(13)18-20-21)16-17-15(19-23-16)14-7-4-10(3)22-14/h4-9H,1-3H3. The van der Waals surface area contributed by atoms with Gasteiger partial charge in [0, 0.05) is 11.6 Å². The van der Waals surface area contributed by atoms with E-state index < -0.39 is 0 Å². The number of fused-ring (bicyclic) bond motifs is 1. The number of nitrogens with zero attached hydrogens (tertiary/aromatic N) is 5. The molecule has 0 saturated carbocycles. The van der Waals surface area contributed by atoms with Crippen molar-refractivity contribution >= 4 is 11.0 Å². The molecule has 4 aromatic rings. The number of rotatable bonds is 3. The molecule has 0 bridgehead atoms. The van der Waals surface area contributed by atoms with Gasteiger partial charge >= 0.3 is 0 Å². The highest BCUT2D eigenvalue weighted by atomic mass is 16.5. The smallest absolute Gasteiger partial charge is 0.258 e. The fraction of sp³-hybridized carbons (Fsp3) is 0.250. The summed E-state index contributed by atoms with van der Waals surface area (Å²) < 4.78 is 12.7. The molecule has 0 aliphatic rings. The number of benzene rings is 1. The first-order valence-electron chi connectivity index (χ1n) is 7.37. The SMILES string of the molecule is Cc1ccc(-c2noc(-c3ccc4c(c3)nnn4C(C)C)n2)o1. The van der Waals surface area contributed by atoms with Gasteiger partial charge in [0.1, 0.15) is 11.3 Å². The van der Waals surface area contributed by atoms with E-state index in [1.54, 1.807) is 0 Å². The topological polar surface area (TPSA) is 82.8 Å². The second-order valence-electron chi connectivity index (χ2n) is 5.66. The maximum Gasteiger partial charge on any atom is 0.258 e. The Morgan fingerprint density at radius 3 is 2.74 bits per heavy atom. The van der Waals surface area contributed by atoms with Crippen molar-refractivity contribution in [3.05, 3.63) is 36.1 Å². The van der Waals surface area contributed by atoms with Crippen molar-refractivity contribution in [2.24, 2.45) is 0 Å². The minimum atomic E-state index is 0.253. The maximum absolute atomic E-state index is 5.51. The molecule has 0 amide bonds. The van der Waals surface area contributed by atoms with E-state index in [1.165, 1.54) is 0 Å². The zero-order valence-electron chi connectivity index (χ0n) is 13.0. The lowest BCUT2D eigenvalue weighted by Gasteiger charge is -2.04. The van der Waals surface area contributed by atoms with Gasteiger partial charge in [0.15, 0.2) is 5.76 Å². The number of hydrogen-bond donors (Lipinski definition) is 0. The third-order valence-corrected chi connectivity index (χ3v) is 3.59. The Labute approximate surface area is 131 Å². The Morgan fingerprint density at radius 2 is 2.00 bits per heavy atom. The molecule has 7 heteroatoms. The molecule has 7 nitrogen and oxygen atoms in total. The van der Waals surface area contributed by atoms with Gasteiger partial charge in [-0.25, -0.2) is 4.68 Å². The number of aromatic nitrogens is 5. The van der Waals surface area contributed by atoms with Gasteiger partial charge in [-0.3, -0.25) is 0 Å². The fourth-order valence-corrected chi connectivity index (χ4v) is 2.45. The van der Waals surface area contributed by atoms with Crippen LogP contribution in [0.25, 0.3) is 34.1 Å². The van der Waals surface area contributed by atoms with Crippen LogP contribution in [0, 0.1) is 6.92 Å². The van der Waals surface area contributed by atoms with Crippen molar-refractivity contribution in [1.82, 2.24) is 25.1 Å². The van der Waals surface area contributed by atoms with Gasteiger partial charge in [0.2, 0.25) is 5.82 Å². The van der Waals surface area contributed by atoms with Gasteiger partial charge in [-0.05, 0) is 51.1 Å². The molecule has 3 heterocycles. The summed E-state index contributed by atoms with van der Waals surface area (Å²) in [5, 5.41) is 12.3. The van der Waals surface area contributed by atoms with Crippen LogP contribution in [-0.2, 0) is 0 Å². The number of hydrogen-bond acceptors (Lipinski definition) is 6. The van der Waals surface area contributed by atoms with E-state index in [-0.39, 0.29) is 6.04 Å². The van der Waals surface area contributed by atoms with E-state index in [1.807, 2.05) is 41.9 Å². The van der Waals surface area contributed by atoms with Gasteiger partial charge in [-0.1, -0.05) is 10.4 Å². The summed E-state index contributed by atoms with van der Waals surface area (Å²) >= 11 is 0. The third-order valence-electron chi connectivity index (χ3n) is 3.59. The van der Waals surface area contributed by atoms with E-state index in [0.29, 0.717) is 17.5 Å². The molecule has 3 aromatic heterocycles. The highest BCUT2D eigenvalue weighted by Gasteiger charge is 2.15. The van der Waals surface area contributed by atoms with E-state index in [2.05, 4.69) is 34.3 Å². The molecule has 1 aromatic carbocycles. The van der Waals surface area contributed by atoms with Gasteiger partial charge in [-0.2, -0.15) is 4.98 Å². The van der Waals surface area contributed by atoms with Crippen molar-refractivity contribution in [2.75, 3.05) is 0 Å². The van der Waals surface area contributed by atoms with E-state index >= 15 is 0 Å². The maximum atomic E-state index is 5.51. The van der Waals surface area contributed by atoms with Crippen molar-refractivity contribution < 1.29 is 8.94 Å². The molecule has 0 saturated heterocycles. The summed E-state index contributed by atoms with van der Waals surface area (Å²) in [5.41, 5.74) is 2.57. The molecule has 0 radical (unpaired) electrons. The first-order chi connectivity index (χ1) is 11.1. The summed E-state index contributed by atoms with van der Waals surface area (Å²) in [5.74, 6) is 2.25. The van der Waals surface area contributed by atoms with E-state index in [0.717, 1.165) is 22.4 Å². The van der Waals surface area contributed by atoms with Crippen molar-refractivity contribution in [2.45, 2.75) is 26.8 Å². The van der Waals surface area contributed by atoms with Gasteiger partial charge in [0.05, 0.1) is 5.52 Å². The van der Waals surface area contributed by atoms with Crippen molar-refractivity contribution in [3.63, 3.8) is 0 Å². The Bertz CT molecular complexity index is 979. The Kier molecular flexibility index (Phi) is 3.00. The van der Waals surface area contributed by atoms with Gasteiger partial charge in [-0.15, -0.1) is 5.10 Å². The molecule has 0 atom stereocenters. The molecular formula is C16H15N5O2. The minimum Gasteiger partial charge on any atom is -0.458 e. The highest BCUT2D eigenvalue weighted by molar-refractivity contribution is 5.79. The second kappa shape index (κ2) is 5.05. The highest BCUT2D eigenvalue weighted by Crippen LogP contribution is 2.26. The molecule has 0 aliphatic carbocycles. The summed E-state index contributed by atoms with van der Waals surface area (Å²) in [7, 11) is 0. The summed E-state index contributed by atoms with van der Waals surface area (Å²) in [6.07, 6.45) is 0. The van der Waals surface area contributed by atoms with Crippen molar-refractivity contribution in [3.8, 4) is 23.0 Å². The van der Waals surface area contributed by atoms with Crippen LogP contribution < -0.4 is 0 Å². The lowest BCUT2D eigenvalue weighted by atomic mass is 10.2. The molecular weight excluding hydrogens is 294 g/mol. The van der Waals surface area contributed by atoms with Gasteiger partial charge < -0.3 is 8.94 Å². The average Bonchev–Trinajstić information content (AvgIpc) is 3.24. The lowest BCUT2D eigenvalue weighted by molar-refractivity contribution is 0.429. The van der Waals surface area contributed by atoms with Crippen LogP contribution in [0.4, 0.5) is 0 Å². The zero-order valence-corrected chi connectivity index (χ0v) is 13.0. The second-order valence-corrected chi connectivity index (χ2v) is 5.66. The zero-order chi connectivity index (χ0) is 16.0. The summed E-state index contributed by atoms with van der Waals surface area (Å²) in [6.45, 7) is 6.01.